The van der Waals surface area contributed by atoms with Crippen molar-refractivity contribution in [1.82, 2.24) is 4.57 Å². The molecule has 0 spiro atoms. The van der Waals surface area contributed by atoms with Crippen molar-refractivity contribution in [3.63, 3.8) is 0 Å². The molecule has 0 atom stereocenters. The van der Waals surface area contributed by atoms with Gasteiger partial charge in [0.1, 0.15) is 5.82 Å². The van der Waals surface area contributed by atoms with Crippen LogP contribution in [0.2, 0.25) is 0 Å². The van der Waals surface area contributed by atoms with E-state index in [2.05, 4.69) is 16.0 Å². The van der Waals surface area contributed by atoms with Crippen LogP contribution in [-0.2, 0) is 19.4 Å². The van der Waals surface area contributed by atoms with Gasteiger partial charge in [-0.3, -0.25) is 4.79 Å². The highest BCUT2D eigenvalue weighted by molar-refractivity contribution is 7.09. The van der Waals surface area contributed by atoms with Gasteiger partial charge in [0, 0.05) is 28.4 Å². The number of amides is 1. The molecule has 2 heterocycles. The Labute approximate surface area is 150 Å². The second-order valence-electron chi connectivity index (χ2n) is 5.99. The van der Waals surface area contributed by atoms with E-state index in [4.69, 9.17) is 5.73 Å². The molecule has 3 nitrogen and oxygen atoms in total. The number of carbonyl (C=O) groups is 1. The van der Waals surface area contributed by atoms with Gasteiger partial charge in [-0.25, -0.2) is 4.39 Å². The van der Waals surface area contributed by atoms with Crippen LogP contribution in [0.4, 0.5) is 4.39 Å². The van der Waals surface area contributed by atoms with Crippen LogP contribution in [0.15, 0.2) is 41.8 Å². The van der Waals surface area contributed by atoms with E-state index in [9.17, 15) is 9.18 Å². The van der Waals surface area contributed by atoms with Crippen molar-refractivity contribution < 1.29 is 9.18 Å². The van der Waals surface area contributed by atoms with Crippen molar-refractivity contribution in [3.05, 3.63) is 69.4 Å². The quantitative estimate of drug-likeness (QED) is 0.691. The van der Waals surface area contributed by atoms with Crippen LogP contribution in [-0.4, -0.2) is 10.5 Å². The van der Waals surface area contributed by atoms with Gasteiger partial charge in [-0.2, -0.15) is 0 Å². The second-order valence-corrected chi connectivity index (χ2v) is 7.02. The maximum atomic E-state index is 13.7. The van der Waals surface area contributed by atoms with Crippen molar-refractivity contribution in [1.29, 1.82) is 0 Å². The highest BCUT2D eigenvalue weighted by Gasteiger charge is 2.24. The summed E-state index contributed by atoms with van der Waals surface area (Å²) in [6, 6.07) is 10.5. The summed E-state index contributed by atoms with van der Waals surface area (Å²) in [7, 11) is 0. The molecule has 0 saturated carbocycles. The highest BCUT2D eigenvalue weighted by Crippen LogP contribution is 2.33. The largest absolute Gasteiger partial charge is 0.366 e. The zero-order valence-corrected chi connectivity index (χ0v) is 15.2. The maximum Gasteiger partial charge on any atom is 0.251 e. The summed E-state index contributed by atoms with van der Waals surface area (Å²) in [5.41, 5.74) is 9.50. The van der Waals surface area contributed by atoms with E-state index in [-0.39, 0.29) is 5.82 Å². The lowest BCUT2D eigenvalue weighted by Gasteiger charge is -2.11. The fourth-order valence-corrected chi connectivity index (χ4v) is 4.10. The van der Waals surface area contributed by atoms with Crippen LogP contribution in [0.25, 0.3) is 11.1 Å². The van der Waals surface area contributed by atoms with Gasteiger partial charge in [-0.1, -0.05) is 25.1 Å². The molecule has 0 fully saturated rings. The number of nitrogens with zero attached hydrogens (tertiary/aromatic N) is 1. The number of halogens is 1. The summed E-state index contributed by atoms with van der Waals surface area (Å²) in [5, 5.41) is 2.06. The molecule has 0 aliphatic rings. The van der Waals surface area contributed by atoms with E-state index in [1.54, 1.807) is 17.4 Å². The molecule has 3 aromatic rings. The van der Waals surface area contributed by atoms with Gasteiger partial charge in [0.05, 0.1) is 5.56 Å². The molecule has 3 rings (SSSR count). The van der Waals surface area contributed by atoms with Crippen molar-refractivity contribution in [3.8, 4) is 11.1 Å². The molecule has 0 aliphatic carbocycles. The van der Waals surface area contributed by atoms with E-state index >= 15 is 0 Å². The fourth-order valence-electron chi connectivity index (χ4n) is 3.40. The number of nitrogens with two attached hydrogens (primary N) is 1. The molecule has 0 bridgehead atoms. The normalized spacial score (nSPS) is 11.0. The topological polar surface area (TPSA) is 48.0 Å². The first-order valence-electron chi connectivity index (χ1n) is 8.33. The van der Waals surface area contributed by atoms with Gasteiger partial charge in [-0.05, 0) is 48.9 Å². The molecule has 130 valence electrons. The number of carbonyl (C=O) groups excluding carboxylic acids is 1. The van der Waals surface area contributed by atoms with Crippen molar-refractivity contribution in [2.24, 2.45) is 5.73 Å². The minimum atomic E-state index is -0.471. The molecule has 1 amide bonds. The SMILES string of the molecule is CCc1c(-c2cccc(F)c2)c(C(N)=O)c(C)n1CCc1cccs1. The summed E-state index contributed by atoms with van der Waals surface area (Å²) in [5.74, 6) is -0.791. The third-order valence-corrected chi connectivity index (χ3v) is 5.42. The monoisotopic (exact) mass is 356 g/mol. The van der Waals surface area contributed by atoms with Gasteiger partial charge < -0.3 is 10.3 Å². The minimum absolute atomic E-state index is 0.320. The summed E-state index contributed by atoms with van der Waals surface area (Å²) < 4.78 is 15.9. The van der Waals surface area contributed by atoms with Gasteiger partial charge in [0.15, 0.2) is 0 Å². The second kappa shape index (κ2) is 7.23. The lowest BCUT2D eigenvalue weighted by Crippen LogP contribution is -2.13. The minimum Gasteiger partial charge on any atom is -0.366 e. The number of hydrogen-bond acceptors (Lipinski definition) is 2. The zero-order valence-electron chi connectivity index (χ0n) is 14.4. The number of thiophene rings is 1. The first-order chi connectivity index (χ1) is 12.0. The molecule has 0 radical (unpaired) electrons. The molecule has 0 unspecified atom stereocenters. The number of aromatic nitrogens is 1. The third kappa shape index (κ3) is 3.37. The van der Waals surface area contributed by atoms with Crippen molar-refractivity contribution in [2.75, 3.05) is 0 Å². The van der Waals surface area contributed by atoms with Gasteiger partial charge in [-0.15, -0.1) is 11.3 Å². The third-order valence-electron chi connectivity index (χ3n) is 4.49. The Hall–Kier alpha value is -2.40. The Morgan fingerprint density at radius 1 is 1.28 bits per heavy atom. The number of hydrogen-bond donors (Lipinski definition) is 1. The molecule has 2 N–H and O–H groups in total. The maximum absolute atomic E-state index is 13.7. The van der Waals surface area contributed by atoms with Crippen LogP contribution in [0.3, 0.4) is 0 Å². The van der Waals surface area contributed by atoms with Gasteiger partial charge in [0.25, 0.3) is 5.91 Å². The first-order valence-corrected chi connectivity index (χ1v) is 9.21. The molecular formula is C20H21FN2OS. The van der Waals surface area contributed by atoms with E-state index in [0.717, 1.165) is 36.3 Å². The predicted molar refractivity (Wildman–Crippen MR) is 100 cm³/mol. The Kier molecular flexibility index (Phi) is 5.04. The van der Waals surface area contributed by atoms with E-state index in [0.29, 0.717) is 11.1 Å². The Morgan fingerprint density at radius 2 is 2.08 bits per heavy atom. The average molecular weight is 356 g/mol. The van der Waals surface area contributed by atoms with Gasteiger partial charge in [0.2, 0.25) is 0 Å². The Bertz CT molecular complexity index is 897. The standard InChI is InChI=1S/C20H21FN2OS/c1-3-17-19(14-6-4-7-15(21)12-14)18(20(22)24)13(2)23(17)10-9-16-8-5-11-25-16/h4-8,11-12H,3,9-10H2,1-2H3,(H2,22,24). The number of rotatable bonds is 6. The molecule has 0 saturated heterocycles. The highest BCUT2D eigenvalue weighted by atomic mass is 32.1. The van der Waals surface area contributed by atoms with Crippen LogP contribution < -0.4 is 5.73 Å². The molecule has 25 heavy (non-hydrogen) atoms. The van der Waals surface area contributed by atoms with Crippen LogP contribution in [0.1, 0.15) is 33.5 Å². The lowest BCUT2D eigenvalue weighted by molar-refractivity contribution is 0.1000. The molecule has 1 aromatic carbocycles. The summed E-state index contributed by atoms with van der Waals surface area (Å²) >= 11 is 1.72. The van der Waals surface area contributed by atoms with Crippen molar-refractivity contribution in [2.45, 2.75) is 33.2 Å². The molecular weight excluding hydrogens is 335 g/mol. The summed E-state index contributed by atoms with van der Waals surface area (Å²) in [6.45, 7) is 4.73. The average Bonchev–Trinajstić information content (AvgIpc) is 3.18. The number of primary amides is 1. The predicted octanol–water partition coefficient (Wildman–Crippen LogP) is 4.57. The number of aryl methyl sites for hydroxylation is 1. The molecule has 0 aliphatic heterocycles. The molecule has 2 aromatic heterocycles. The smallest absolute Gasteiger partial charge is 0.251 e. The molecule has 5 heteroatoms. The van der Waals surface area contributed by atoms with E-state index in [1.807, 2.05) is 26.0 Å². The number of benzene rings is 1. The van der Waals surface area contributed by atoms with Crippen LogP contribution in [0.5, 0.6) is 0 Å². The van der Waals surface area contributed by atoms with Crippen LogP contribution in [0, 0.1) is 12.7 Å². The Morgan fingerprint density at radius 3 is 2.68 bits per heavy atom. The lowest BCUT2D eigenvalue weighted by atomic mass is 9.99. The van der Waals surface area contributed by atoms with Crippen LogP contribution >= 0.6 is 11.3 Å². The van der Waals surface area contributed by atoms with Crippen molar-refractivity contribution >= 4 is 17.2 Å². The zero-order chi connectivity index (χ0) is 18.0. The fraction of sp³-hybridized carbons (Fsp3) is 0.250. The van der Waals surface area contributed by atoms with E-state index < -0.39 is 5.91 Å². The summed E-state index contributed by atoms with van der Waals surface area (Å²) in [6.07, 6.45) is 1.63. The summed E-state index contributed by atoms with van der Waals surface area (Å²) in [4.78, 5) is 13.4. The Balaban J connectivity index is 2.12. The van der Waals surface area contributed by atoms with Gasteiger partial charge >= 0.3 is 0 Å². The van der Waals surface area contributed by atoms with E-state index in [1.165, 1.54) is 17.0 Å². The first kappa shape index (κ1) is 17.4.